The number of halogens is 1. The van der Waals surface area contributed by atoms with E-state index in [1.807, 2.05) is 0 Å². The Morgan fingerprint density at radius 3 is 2.69 bits per heavy atom. The van der Waals surface area contributed by atoms with Crippen molar-refractivity contribution in [3.8, 4) is 5.75 Å². The maximum absolute atomic E-state index is 13.6. The number of aliphatic hydroxyl groups excluding tert-OH is 1. The Kier molecular flexibility index (Phi) is 5.23. The maximum Gasteiger partial charge on any atom is 0.295 e. The van der Waals surface area contributed by atoms with Gasteiger partial charge in [-0.15, -0.1) is 5.10 Å². The van der Waals surface area contributed by atoms with Gasteiger partial charge in [0.1, 0.15) is 17.9 Å². The van der Waals surface area contributed by atoms with E-state index < -0.39 is 17.8 Å². The molecule has 8 heteroatoms. The summed E-state index contributed by atoms with van der Waals surface area (Å²) in [6.45, 7) is 0.117. The smallest absolute Gasteiger partial charge is 0.295 e. The van der Waals surface area contributed by atoms with Gasteiger partial charge in [0.05, 0.1) is 25.4 Å². The van der Waals surface area contributed by atoms with E-state index in [1.165, 1.54) is 29.2 Å². The standard InChI is InChI=1S/C18H17FN4O3/c1-26-13-8-6-12(7-9-13)16(24)10-23-11-20-17(22-23)18(25)21-15-5-3-2-4-14(15)19/h2-9,11,16,24H,10H2,1H3,(H,21,25)/t16-/m1/s1. The molecule has 2 N–H and O–H groups in total. The van der Waals surface area contributed by atoms with Crippen LogP contribution in [0.4, 0.5) is 10.1 Å². The zero-order chi connectivity index (χ0) is 18.5. The minimum absolute atomic E-state index is 0.0483. The highest BCUT2D eigenvalue weighted by molar-refractivity contribution is 6.01. The predicted octanol–water partition coefficient (Wildman–Crippen LogP) is 2.41. The minimum Gasteiger partial charge on any atom is -0.497 e. The number of hydrogen-bond acceptors (Lipinski definition) is 5. The number of nitrogens with zero attached hydrogens (tertiary/aromatic N) is 3. The molecular formula is C18H17FN4O3. The quantitative estimate of drug-likeness (QED) is 0.708. The molecule has 1 heterocycles. The molecule has 1 atom stereocenters. The molecule has 0 aliphatic rings. The average molecular weight is 356 g/mol. The minimum atomic E-state index is -0.829. The monoisotopic (exact) mass is 356 g/mol. The number of aromatic nitrogens is 3. The van der Waals surface area contributed by atoms with Gasteiger partial charge in [-0.25, -0.2) is 14.1 Å². The van der Waals surface area contributed by atoms with Crippen LogP contribution in [-0.2, 0) is 6.54 Å². The lowest BCUT2D eigenvalue weighted by molar-refractivity contribution is 0.101. The van der Waals surface area contributed by atoms with E-state index in [2.05, 4.69) is 15.4 Å². The lowest BCUT2D eigenvalue weighted by Crippen LogP contribution is -2.16. The Balaban J connectivity index is 1.65. The normalized spacial score (nSPS) is 11.8. The summed E-state index contributed by atoms with van der Waals surface area (Å²) in [6, 6.07) is 12.8. The van der Waals surface area contributed by atoms with Crippen molar-refractivity contribution in [2.24, 2.45) is 0 Å². The number of amides is 1. The molecule has 134 valence electrons. The van der Waals surface area contributed by atoms with Crippen LogP contribution in [0.1, 0.15) is 22.3 Å². The third-order valence-electron chi connectivity index (χ3n) is 3.72. The van der Waals surface area contributed by atoms with Crippen LogP contribution in [0.3, 0.4) is 0 Å². The first-order valence-corrected chi connectivity index (χ1v) is 7.84. The van der Waals surface area contributed by atoms with Gasteiger partial charge >= 0.3 is 0 Å². The fourth-order valence-corrected chi connectivity index (χ4v) is 2.34. The molecule has 1 amide bonds. The molecular weight excluding hydrogens is 339 g/mol. The summed E-state index contributed by atoms with van der Waals surface area (Å²) in [6.07, 6.45) is 0.508. The number of aliphatic hydroxyl groups is 1. The molecule has 1 aromatic heterocycles. The van der Waals surface area contributed by atoms with Gasteiger partial charge in [-0.1, -0.05) is 24.3 Å². The van der Waals surface area contributed by atoms with Gasteiger partial charge in [0.15, 0.2) is 0 Å². The van der Waals surface area contributed by atoms with Gasteiger partial charge < -0.3 is 15.2 Å². The van der Waals surface area contributed by atoms with Crippen LogP contribution in [0.2, 0.25) is 0 Å². The predicted molar refractivity (Wildman–Crippen MR) is 92.3 cm³/mol. The summed E-state index contributed by atoms with van der Waals surface area (Å²) in [5, 5.41) is 16.7. The van der Waals surface area contributed by atoms with E-state index in [4.69, 9.17) is 4.74 Å². The highest BCUT2D eigenvalue weighted by Gasteiger charge is 2.15. The number of carbonyl (C=O) groups excluding carboxylic acids is 1. The van der Waals surface area contributed by atoms with Crippen LogP contribution in [-0.4, -0.2) is 32.9 Å². The summed E-state index contributed by atoms with van der Waals surface area (Å²) in [5.41, 5.74) is 0.728. The molecule has 0 aliphatic carbocycles. The lowest BCUT2D eigenvalue weighted by Gasteiger charge is -2.11. The van der Waals surface area contributed by atoms with E-state index in [0.717, 1.165) is 0 Å². The second kappa shape index (κ2) is 7.75. The molecule has 2 aromatic carbocycles. The Hall–Kier alpha value is -3.26. The van der Waals surface area contributed by atoms with Gasteiger partial charge in [0, 0.05) is 0 Å². The van der Waals surface area contributed by atoms with E-state index in [9.17, 15) is 14.3 Å². The Morgan fingerprint density at radius 1 is 1.27 bits per heavy atom. The zero-order valence-corrected chi connectivity index (χ0v) is 14.0. The van der Waals surface area contributed by atoms with Gasteiger partial charge in [-0.3, -0.25) is 4.79 Å². The van der Waals surface area contributed by atoms with Crippen molar-refractivity contribution in [2.75, 3.05) is 12.4 Å². The third-order valence-corrected chi connectivity index (χ3v) is 3.72. The third kappa shape index (κ3) is 4.04. The fraction of sp³-hybridized carbons (Fsp3) is 0.167. The Bertz CT molecular complexity index is 895. The van der Waals surface area contributed by atoms with Crippen LogP contribution in [0.5, 0.6) is 5.75 Å². The number of hydrogen-bond donors (Lipinski definition) is 2. The average Bonchev–Trinajstić information content (AvgIpc) is 3.12. The molecule has 0 unspecified atom stereocenters. The molecule has 0 radical (unpaired) electrons. The summed E-state index contributed by atoms with van der Waals surface area (Å²) < 4.78 is 20.0. The Labute approximate surface area is 149 Å². The molecule has 0 spiro atoms. The Morgan fingerprint density at radius 2 is 2.00 bits per heavy atom. The fourth-order valence-electron chi connectivity index (χ4n) is 2.34. The topological polar surface area (TPSA) is 89.3 Å². The number of para-hydroxylation sites is 1. The number of carbonyl (C=O) groups is 1. The first-order chi connectivity index (χ1) is 12.6. The molecule has 0 aliphatic heterocycles. The van der Waals surface area contributed by atoms with Crippen molar-refractivity contribution in [1.82, 2.24) is 14.8 Å². The number of rotatable bonds is 6. The van der Waals surface area contributed by atoms with Crippen LogP contribution in [0.25, 0.3) is 0 Å². The lowest BCUT2D eigenvalue weighted by atomic mass is 10.1. The SMILES string of the molecule is COc1ccc([C@H](O)Cn2cnc(C(=O)Nc3ccccc3F)n2)cc1. The largest absolute Gasteiger partial charge is 0.497 e. The molecule has 7 nitrogen and oxygen atoms in total. The van der Waals surface area contributed by atoms with Gasteiger partial charge in [-0.2, -0.15) is 0 Å². The first kappa shape index (κ1) is 17.6. The van der Waals surface area contributed by atoms with E-state index in [0.29, 0.717) is 11.3 Å². The molecule has 0 saturated carbocycles. The molecule has 26 heavy (non-hydrogen) atoms. The van der Waals surface area contributed by atoms with Crippen molar-refractivity contribution in [1.29, 1.82) is 0 Å². The van der Waals surface area contributed by atoms with Crippen LogP contribution < -0.4 is 10.1 Å². The zero-order valence-electron chi connectivity index (χ0n) is 14.0. The van der Waals surface area contributed by atoms with Crippen molar-refractivity contribution in [3.05, 3.63) is 72.1 Å². The van der Waals surface area contributed by atoms with Crippen LogP contribution in [0.15, 0.2) is 54.9 Å². The van der Waals surface area contributed by atoms with Gasteiger partial charge in [-0.05, 0) is 29.8 Å². The van der Waals surface area contributed by atoms with Crippen molar-refractivity contribution in [2.45, 2.75) is 12.6 Å². The molecule has 3 aromatic rings. The number of ether oxygens (including phenoxy) is 1. The van der Waals surface area contributed by atoms with Crippen molar-refractivity contribution >= 4 is 11.6 Å². The van der Waals surface area contributed by atoms with E-state index >= 15 is 0 Å². The number of nitrogens with one attached hydrogen (secondary N) is 1. The van der Waals surface area contributed by atoms with Crippen molar-refractivity contribution < 1.29 is 19.0 Å². The van der Waals surface area contributed by atoms with Crippen LogP contribution >= 0.6 is 0 Å². The maximum atomic E-state index is 13.6. The number of benzene rings is 2. The molecule has 0 fully saturated rings. The van der Waals surface area contributed by atoms with Gasteiger partial charge in [0.25, 0.3) is 5.91 Å². The first-order valence-electron chi connectivity index (χ1n) is 7.84. The number of methoxy groups -OCH3 is 1. The molecule has 0 bridgehead atoms. The highest BCUT2D eigenvalue weighted by Crippen LogP contribution is 2.19. The van der Waals surface area contributed by atoms with Gasteiger partial charge in [0.2, 0.25) is 5.82 Å². The van der Waals surface area contributed by atoms with E-state index in [1.54, 1.807) is 37.4 Å². The molecule has 0 saturated heterocycles. The summed E-state index contributed by atoms with van der Waals surface area (Å²) in [4.78, 5) is 16.0. The summed E-state index contributed by atoms with van der Waals surface area (Å²) in [5.74, 6) is -0.605. The number of anilines is 1. The second-order valence-electron chi connectivity index (χ2n) is 5.51. The van der Waals surface area contributed by atoms with Crippen molar-refractivity contribution in [3.63, 3.8) is 0 Å². The summed E-state index contributed by atoms with van der Waals surface area (Å²) >= 11 is 0. The van der Waals surface area contributed by atoms with Crippen LogP contribution in [0, 0.1) is 5.82 Å². The molecule has 3 rings (SSSR count). The second-order valence-corrected chi connectivity index (χ2v) is 5.51. The summed E-state index contributed by atoms with van der Waals surface area (Å²) in [7, 11) is 1.56. The van der Waals surface area contributed by atoms with E-state index in [-0.39, 0.29) is 18.1 Å². The highest BCUT2D eigenvalue weighted by atomic mass is 19.1.